The predicted molar refractivity (Wildman–Crippen MR) is 73.8 cm³/mol. The second-order valence-corrected chi connectivity index (χ2v) is 6.26. The largest absolute Gasteiger partial charge is 0.316 e. The van der Waals surface area contributed by atoms with Gasteiger partial charge in [0.15, 0.2) is 11.6 Å². The van der Waals surface area contributed by atoms with Crippen molar-refractivity contribution < 1.29 is 17.2 Å². The third-order valence-corrected chi connectivity index (χ3v) is 4.26. The van der Waals surface area contributed by atoms with Crippen LogP contribution in [0.4, 0.5) is 8.78 Å². The Morgan fingerprint density at radius 2 is 1.90 bits per heavy atom. The third kappa shape index (κ3) is 4.50. The average molecular weight is 306 g/mol. The highest BCUT2D eigenvalue weighted by Gasteiger charge is 2.22. The second kappa shape index (κ2) is 7.66. The van der Waals surface area contributed by atoms with Gasteiger partial charge in [-0.05, 0) is 31.2 Å². The SMILES string of the molecule is CCCCCNS(=O)(=O)c1cc(CNC)cc(F)c1F. The zero-order valence-corrected chi connectivity index (χ0v) is 12.5. The molecule has 0 spiro atoms. The molecule has 0 aliphatic carbocycles. The van der Waals surface area contributed by atoms with Crippen LogP contribution in [0.25, 0.3) is 0 Å². The first kappa shape index (κ1) is 17.0. The van der Waals surface area contributed by atoms with Gasteiger partial charge >= 0.3 is 0 Å². The lowest BCUT2D eigenvalue weighted by Gasteiger charge is -2.10. The van der Waals surface area contributed by atoms with Crippen LogP contribution in [-0.4, -0.2) is 22.0 Å². The third-order valence-electron chi connectivity index (χ3n) is 2.80. The first-order valence-electron chi connectivity index (χ1n) is 6.54. The summed E-state index contributed by atoms with van der Waals surface area (Å²) >= 11 is 0. The van der Waals surface area contributed by atoms with Crippen molar-refractivity contribution >= 4 is 10.0 Å². The molecule has 0 aliphatic heterocycles. The number of hydrogen-bond acceptors (Lipinski definition) is 3. The minimum atomic E-state index is -4.03. The normalized spacial score (nSPS) is 11.8. The molecule has 0 radical (unpaired) electrons. The van der Waals surface area contributed by atoms with Gasteiger partial charge in [-0.3, -0.25) is 0 Å². The Morgan fingerprint density at radius 3 is 2.50 bits per heavy atom. The molecule has 0 unspecified atom stereocenters. The Bertz CT molecular complexity index is 548. The summed E-state index contributed by atoms with van der Waals surface area (Å²) < 4.78 is 53.4. The van der Waals surface area contributed by atoms with Gasteiger partial charge in [0.2, 0.25) is 10.0 Å². The van der Waals surface area contributed by atoms with Crippen molar-refractivity contribution in [3.63, 3.8) is 0 Å². The standard InChI is InChI=1S/C13H20F2N2O2S/c1-3-4-5-6-17-20(18,19)12-8-10(9-16-2)7-11(14)13(12)15/h7-8,16-17H,3-6,9H2,1-2H3. The molecular formula is C13H20F2N2O2S. The smallest absolute Gasteiger partial charge is 0.243 e. The van der Waals surface area contributed by atoms with Gasteiger partial charge < -0.3 is 5.32 Å². The fraction of sp³-hybridized carbons (Fsp3) is 0.538. The quantitative estimate of drug-likeness (QED) is 0.724. The monoisotopic (exact) mass is 306 g/mol. The summed E-state index contributed by atoms with van der Waals surface area (Å²) in [6.45, 7) is 2.47. The number of hydrogen-bond donors (Lipinski definition) is 2. The second-order valence-electron chi connectivity index (χ2n) is 4.52. The van der Waals surface area contributed by atoms with Crippen LogP contribution in [-0.2, 0) is 16.6 Å². The highest BCUT2D eigenvalue weighted by atomic mass is 32.2. The molecule has 1 aromatic carbocycles. The van der Waals surface area contributed by atoms with E-state index in [1.807, 2.05) is 6.92 Å². The molecule has 0 saturated carbocycles. The Labute approximate surface area is 118 Å². The first-order valence-corrected chi connectivity index (χ1v) is 8.03. The van der Waals surface area contributed by atoms with E-state index >= 15 is 0 Å². The van der Waals surface area contributed by atoms with Crippen molar-refractivity contribution in [1.82, 2.24) is 10.0 Å². The Hall–Kier alpha value is -1.05. The summed E-state index contributed by atoms with van der Waals surface area (Å²) in [6, 6.07) is 2.14. The summed E-state index contributed by atoms with van der Waals surface area (Å²) in [7, 11) is -2.39. The molecular weight excluding hydrogens is 286 g/mol. The van der Waals surface area contributed by atoms with Crippen molar-refractivity contribution in [1.29, 1.82) is 0 Å². The number of sulfonamides is 1. The van der Waals surface area contributed by atoms with Gasteiger partial charge in [0, 0.05) is 13.1 Å². The van der Waals surface area contributed by atoms with Crippen LogP contribution in [0.5, 0.6) is 0 Å². The summed E-state index contributed by atoms with van der Waals surface area (Å²) in [5, 5.41) is 2.76. The molecule has 20 heavy (non-hydrogen) atoms. The Morgan fingerprint density at radius 1 is 1.20 bits per heavy atom. The molecule has 2 N–H and O–H groups in total. The van der Waals surface area contributed by atoms with Crippen molar-refractivity contribution in [2.45, 2.75) is 37.6 Å². The molecule has 0 fully saturated rings. The number of nitrogens with one attached hydrogen (secondary N) is 2. The van der Waals surface area contributed by atoms with Gasteiger partial charge in [0.05, 0.1) is 0 Å². The average Bonchev–Trinajstić information content (AvgIpc) is 2.39. The molecule has 0 atom stereocenters. The first-order chi connectivity index (χ1) is 9.42. The molecule has 4 nitrogen and oxygen atoms in total. The summed E-state index contributed by atoms with van der Waals surface area (Å²) in [4.78, 5) is -0.640. The molecule has 0 aromatic heterocycles. The van der Waals surface area contributed by atoms with Crippen molar-refractivity contribution in [3.05, 3.63) is 29.3 Å². The van der Waals surface area contributed by atoms with E-state index in [1.165, 1.54) is 0 Å². The topological polar surface area (TPSA) is 58.2 Å². The van der Waals surface area contributed by atoms with E-state index < -0.39 is 26.6 Å². The minimum absolute atomic E-state index is 0.216. The fourth-order valence-corrected chi connectivity index (χ4v) is 2.99. The van der Waals surface area contributed by atoms with E-state index in [0.717, 1.165) is 25.0 Å². The van der Waals surface area contributed by atoms with Crippen LogP contribution < -0.4 is 10.0 Å². The van der Waals surface area contributed by atoms with Crippen LogP contribution in [0, 0.1) is 11.6 Å². The number of rotatable bonds is 8. The molecule has 0 bridgehead atoms. The molecule has 1 aromatic rings. The van der Waals surface area contributed by atoms with Gasteiger partial charge in [-0.1, -0.05) is 19.8 Å². The van der Waals surface area contributed by atoms with E-state index in [1.54, 1.807) is 7.05 Å². The Kier molecular flexibility index (Phi) is 6.51. The maximum atomic E-state index is 13.7. The van der Waals surface area contributed by atoms with Crippen LogP contribution >= 0.6 is 0 Å². The van der Waals surface area contributed by atoms with E-state index in [0.29, 0.717) is 12.0 Å². The molecule has 0 amide bonds. The van der Waals surface area contributed by atoms with E-state index in [4.69, 9.17) is 0 Å². The molecule has 7 heteroatoms. The lowest BCUT2D eigenvalue weighted by Crippen LogP contribution is -2.26. The summed E-state index contributed by atoms with van der Waals surface area (Å²) in [5.74, 6) is -2.50. The Balaban J connectivity index is 2.98. The van der Waals surface area contributed by atoms with Gasteiger partial charge in [-0.25, -0.2) is 21.9 Å². The maximum Gasteiger partial charge on any atom is 0.243 e. The van der Waals surface area contributed by atoms with E-state index in [9.17, 15) is 17.2 Å². The van der Waals surface area contributed by atoms with E-state index in [2.05, 4.69) is 10.0 Å². The van der Waals surface area contributed by atoms with Gasteiger partial charge in [0.25, 0.3) is 0 Å². The molecule has 0 heterocycles. The van der Waals surface area contributed by atoms with Gasteiger partial charge in [0.1, 0.15) is 4.90 Å². The molecule has 114 valence electrons. The zero-order chi connectivity index (χ0) is 15.2. The number of unbranched alkanes of at least 4 members (excludes halogenated alkanes) is 2. The lowest BCUT2D eigenvalue weighted by atomic mass is 10.2. The maximum absolute atomic E-state index is 13.7. The molecule has 1 rings (SSSR count). The summed E-state index contributed by atoms with van der Waals surface area (Å²) in [5.41, 5.74) is 0.375. The summed E-state index contributed by atoms with van der Waals surface area (Å²) in [6.07, 6.45) is 2.48. The zero-order valence-electron chi connectivity index (χ0n) is 11.7. The lowest BCUT2D eigenvalue weighted by molar-refractivity contribution is 0.480. The number of halogens is 2. The van der Waals surface area contributed by atoms with Crippen LogP contribution in [0.2, 0.25) is 0 Å². The van der Waals surface area contributed by atoms with Crippen LogP contribution in [0.1, 0.15) is 31.7 Å². The minimum Gasteiger partial charge on any atom is -0.316 e. The predicted octanol–water partition coefficient (Wildman–Crippen LogP) is 2.15. The number of benzene rings is 1. The highest BCUT2D eigenvalue weighted by molar-refractivity contribution is 7.89. The van der Waals surface area contributed by atoms with Crippen molar-refractivity contribution in [3.8, 4) is 0 Å². The van der Waals surface area contributed by atoms with Gasteiger partial charge in [-0.15, -0.1) is 0 Å². The highest BCUT2D eigenvalue weighted by Crippen LogP contribution is 2.20. The van der Waals surface area contributed by atoms with E-state index in [-0.39, 0.29) is 13.1 Å². The fourth-order valence-electron chi connectivity index (χ4n) is 1.78. The molecule has 0 saturated heterocycles. The van der Waals surface area contributed by atoms with Crippen molar-refractivity contribution in [2.24, 2.45) is 0 Å². The van der Waals surface area contributed by atoms with Crippen LogP contribution in [0.15, 0.2) is 17.0 Å². The van der Waals surface area contributed by atoms with Crippen molar-refractivity contribution in [2.75, 3.05) is 13.6 Å². The molecule has 0 aliphatic rings. The van der Waals surface area contributed by atoms with Gasteiger partial charge in [-0.2, -0.15) is 0 Å². The van der Waals surface area contributed by atoms with Crippen LogP contribution in [0.3, 0.4) is 0 Å².